The zero-order chi connectivity index (χ0) is 24.9. The molecule has 4 rings (SSSR count). The number of fused-ring (bicyclic) bond motifs is 2. The van der Waals surface area contributed by atoms with E-state index in [0.29, 0.717) is 47.8 Å². The van der Waals surface area contributed by atoms with E-state index in [1.165, 1.54) is 0 Å². The zero-order valence-corrected chi connectivity index (χ0v) is 21.0. The normalized spacial score (nSPS) is 15.2. The summed E-state index contributed by atoms with van der Waals surface area (Å²) in [4.78, 5) is 31.5. The Bertz CT molecular complexity index is 1250. The molecule has 1 atom stereocenters. The van der Waals surface area contributed by atoms with Crippen LogP contribution >= 0.6 is 0 Å². The van der Waals surface area contributed by atoms with E-state index >= 15 is 0 Å². The number of ether oxygens (including phenoxy) is 2. The maximum Gasteiger partial charge on any atom is 0.290 e. The smallest absolute Gasteiger partial charge is 0.290 e. The van der Waals surface area contributed by atoms with E-state index in [1.54, 1.807) is 23.1 Å². The Morgan fingerprint density at radius 3 is 2.34 bits per heavy atom. The van der Waals surface area contributed by atoms with E-state index in [0.717, 1.165) is 31.6 Å². The highest BCUT2D eigenvalue weighted by Crippen LogP contribution is 2.39. The fourth-order valence-electron chi connectivity index (χ4n) is 4.78. The van der Waals surface area contributed by atoms with Gasteiger partial charge >= 0.3 is 0 Å². The zero-order valence-electron chi connectivity index (χ0n) is 21.0. The SMILES string of the molecule is CCOc1cccc(C2c3c(oc4cc(OCC)ccc4c3=O)C(=O)N2CCCN(CC)CC)c1. The molecule has 0 saturated carbocycles. The fourth-order valence-corrected chi connectivity index (χ4v) is 4.78. The van der Waals surface area contributed by atoms with Crippen LogP contribution in [0.2, 0.25) is 0 Å². The van der Waals surface area contributed by atoms with Gasteiger partial charge in [-0.05, 0) is 69.7 Å². The summed E-state index contributed by atoms with van der Waals surface area (Å²) in [5.74, 6) is 1.17. The lowest BCUT2D eigenvalue weighted by Crippen LogP contribution is -2.33. The van der Waals surface area contributed by atoms with Gasteiger partial charge in [0.05, 0.1) is 30.2 Å². The van der Waals surface area contributed by atoms with Crippen molar-refractivity contribution in [3.05, 3.63) is 69.6 Å². The first-order chi connectivity index (χ1) is 17.0. The lowest BCUT2D eigenvalue weighted by molar-refractivity contribution is 0.0720. The van der Waals surface area contributed by atoms with Crippen molar-refractivity contribution in [1.82, 2.24) is 9.80 Å². The summed E-state index contributed by atoms with van der Waals surface area (Å²) >= 11 is 0. The molecule has 0 saturated heterocycles. The molecule has 1 aromatic heterocycles. The predicted molar refractivity (Wildman–Crippen MR) is 137 cm³/mol. The molecule has 0 aliphatic carbocycles. The van der Waals surface area contributed by atoms with Gasteiger partial charge in [-0.3, -0.25) is 9.59 Å². The molecule has 0 spiro atoms. The van der Waals surface area contributed by atoms with Gasteiger partial charge in [0.15, 0.2) is 5.43 Å². The third-order valence-corrected chi connectivity index (χ3v) is 6.50. The van der Waals surface area contributed by atoms with Crippen LogP contribution in [0.4, 0.5) is 0 Å². The molecular formula is C28H34N2O5. The Hall–Kier alpha value is -3.32. The van der Waals surface area contributed by atoms with Crippen LogP contribution in [0.1, 0.15) is 61.8 Å². The molecule has 2 heterocycles. The fraction of sp³-hybridized carbons (Fsp3) is 0.429. The van der Waals surface area contributed by atoms with E-state index in [2.05, 4.69) is 18.7 Å². The number of hydrogen-bond donors (Lipinski definition) is 0. The highest BCUT2D eigenvalue weighted by Gasteiger charge is 2.42. The molecule has 2 aromatic carbocycles. The lowest BCUT2D eigenvalue weighted by atomic mass is 9.98. The van der Waals surface area contributed by atoms with Crippen molar-refractivity contribution >= 4 is 16.9 Å². The minimum atomic E-state index is -0.526. The van der Waals surface area contributed by atoms with E-state index in [1.807, 2.05) is 38.1 Å². The third-order valence-electron chi connectivity index (χ3n) is 6.50. The Labute approximate surface area is 206 Å². The minimum absolute atomic E-state index is 0.116. The molecule has 0 fully saturated rings. The van der Waals surface area contributed by atoms with Crippen LogP contribution in [0.3, 0.4) is 0 Å². The predicted octanol–water partition coefficient (Wildman–Crippen LogP) is 4.87. The second kappa shape index (κ2) is 11.0. The number of hydrogen-bond acceptors (Lipinski definition) is 6. The molecular weight excluding hydrogens is 444 g/mol. The molecule has 0 radical (unpaired) electrons. The van der Waals surface area contributed by atoms with Gasteiger partial charge in [0, 0.05) is 12.6 Å². The van der Waals surface area contributed by atoms with Crippen LogP contribution in [-0.4, -0.2) is 55.1 Å². The topological polar surface area (TPSA) is 72.2 Å². The molecule has 1 aliphatic rings. The van der Waals surface area contributed by atoms with Crippen molar-refractivity contribution < 1.29 is 18.7 Å². The molecule has 3 aromatic rings. The highest BCUT2D eigenvalue weighted by molar-refractivity contribution is 5.99. The summed E-state index contributed by atoms with van der Waals surface area (Å²) in [6.45, 7) is 12.4. The van der Waals surface area contributed by atoms with Crippen LogP contribution in [0.5, 0.6) is 11.5 Å². The second-order valence-electron chi connectivity index (χ2n) is 8.55. The van der Waals surface area contributed by atoms with E-state index in [9.17, 15) is 9.59 Å². The van der Waals surface area contributed by atoms with Crippen molar-refractivity contribution in [2.24, 2.45) is 0 Å². The second-order valence-corrected chi connectivity index (χ2v) is 8.55. The highest BCUT2D eigenvalue weighted by atomic mass is 16.5. The maximum atomic E-state index is 13.7. The summed E-state index contributed by atoms with van der Waals surface area (Å²) in [5, 5.41) is 0.441. The summed E-state index contributed by atoms with van der Waals surface area (Å²) in [6.07, 6.45) is 0.797. The maximum absolute atomic E-state index is 13.7. The first kappa shape index (κ1) is 24.8. The number of carbonyl (C=O) groups excluding carboxylic acids is 1. The monoisotopic (exact) mass is 478 g/mol. The van der Waals surface area contributed by atoms with E-state index in [-0.39, 0.29) is 17.1 Å². The number of nitrogens with zero attached hydrogens (tertiary/aromatic N) is 2. The summed E-state index contributed by atoms with van der Waals surface area (Å²) < 4.78 is 17.4. The Morgan fingerprint density at radius 2 is 1.66 bits per heavy atom. The molecule has 1 aliphatic heterocycles. The lowest BCUT2D eigenvalue weighted by Gasteiger charge is -2.27. The molecule has 1 unspecified atom stereocenters. The average Bonchev–Trinajstić information content (AvgIpc) is 3.14. The van der Waals surface area contributed by atoms with E-state index < -0.39 is 6.04 Å². The number of carbonyl (C=O) groups is 1. The number of rotatable bonds is 11. The Balaban J connectivity index is 1.80. The van der Waals surface area contributed by atoms with Crippen molar-refractivity contribution in [2.45, 2.75) is 40.2 Å². The van der Waals surface area contributed by atoms with Gasteiger partial charge < -0.3 is 23.7 Å². The Kier molecular flexibility index (Phi) is 7.76. The van der Waals surface area contributed by atoms with Crippen LogP contribution in [0.15, 0.2) is 51.7 Å². The molecule has 35 heavy (non-hydrogen) atoms. The summed E-state index contributed by atoms with van der Waals surface area (Å²) in [7, 11) is 0. The van der Waals surface area contributed by atoms with Crippen molar-refractivity contribution in [2.75, 3.05) is 39.4 Å². The van der Waals surface area contributed by atoms with Crippen molar-refractivity contribution in [1.29, 1.82) is 0 Å². The van der Waals surface area contributed by atoms with Crippen LogP contribution in [-0.2, 0) is 0 Å². The summed E-state index contributed by atoms with van der Waals surface area (Å²) in [5.41, 5.74) is 1.40. The van der Waals surface area contributed by atoms with Gasteiger partial charge in [-0.25, -0.2) is 0 Å². The van der Waals surface area contributed by atoms with Gasteiger partial charge in [0.1, 0.15) is 17.1 Å². The van der Waals surface area contributed by atoms with Gasteiger partial charge in [-0.2, -0.15) is 0 Å². The van der Waals surface area contributed by atoms with Gasteiger partial charge in [0.25, 0.3) is 5.91 Å². The van der Waals surface area contributed by atoms with Gasteiger partial charge in [0.2, 0.25) is 5.76 Å². The summed E-state index contributed by atoms with van der Waals surface area (Å²) in [6, 6.07) is 12.3. The van der Waals surface area contributed by atoms with Crippen molar-refractivity contribution in [3.8, 4) is 11.5 Å². The molecule has 186 valence electrons. The van der Waals surface area contributed by atoms with Crippen molar-refractivity contribution in [3.63, 3.8) is 0 Å². The molecule has 0 bridgehead atoms. The quantitative estimate of drug-likeness (QED) is 0.392. The number of benzene rings is 2. The Morgan fingerprint density at radius 1 is 0.943 bits per heavy atom. The molecule has 1 amide bonds. The third kappa shape index (κ3) is 4.91. The van der Waals surface area contributed by atoms with Crippen LogP contribution in [0, 0.1) is 0 Å². The largest absolute Gasteiger partial charge is 0.494 e. The molecule has 7 heteroatoms. The average molecular weight is 479 g/mol. The van der Waals surface area contributed by atoms with Gasteiger partial charge in [-0.15, -0.1) is 0 Å². The standard InChI is InChI=1S/C28H34N2O5/c1-5-29(6-2)15-10-16-30-25(19-11-9-12-20(17-19)33-7-3)24-26(31)22-14-13-21(34-8-4)18-23(22)35-27(24)28(30)32/h9,11-14,17-18,25H,5-8,10,15-16H2,1-4H3. The van der Waals surface area contributed by atoms with Gasteiger partial charge in [-0.1, -0.05) is 26.0 Å². The molecule has 0 N–H and O–H groups in total. The minimum Gasteiger partial charge on any atom is -0.494 e. The van der Waals surface area contributed by atoms with Crippen LogP contribution in [0.25, 0.3) is 11.0 Å². The molecule has 7 nitrogen and oxygen atoms in total. The first-order valence-corrected chi connectivity index (χ1v) is 12.5. The van der Waals surface area contributed by atoms with Crippen LogP contribution < -0.4 is 14.9 Å². The number of amides is 1. The van der Waals surface area contributed by atoms with E-state index in [4.69, 9.17) is 13.9 Å². The first-order valence-electron chi connectivity index (χ1n) is 12.5.